The molecule has 2 heterocycles. The Morgan fingerprint density at radius 3 is 3.19 bits per heavy atom. The first-order valence-electron chi connectivity index (χ1n) is 5.73. The summed E-state index contributed by atoms with van der Waals surface area (Å²) in [6.45, 7) is 1.83. The molecular weight excluding hydrogens is 204 g/mol. The quantitative estimate of drug-likeness (QED) is 0.623. The van der Waals surface area contributed by atoms with Gasteiger partial charge in [0.05, 0.1) is 6.04 Å². The van der Waals surface area contributed by atoms with E-state index in [1.54, 1.807) is 6.08 Å². The maximum absolute atomic E-state index is 11.9. The van der Waals surface area contributed by atoms with Crippen LogP contribution in [0.25, 0.3) is 0 Å². The third-order valence-electron chi connectivity index (χ3n) is 3.19. The number of amidine groups is 1. The highest BCUT2D eigenvalue weighted by Crippen LogP contribution is 2.30. The number of allylic oxidation sites excluding steroid dienone is 1. The first-order chi connectivity index (χ1) is 7.74. The van der Waals surface area contributed by atoms with Crippen LogP contribution in [0.2, 0.25) is 0 Å². The highest BCUT2D eigenvalue weighted by atomic mass is 16.7. The number of carbonyl (C=O) groups excluding carboxylic acids is 1. The standard InChI is InChI=1S/C12H14N2O2/c1-8-6-11-13-10-5-3-2-4-9(10)7-12(15)14(11)16-8/h6-7,10H,2-5H2,1H3. The van der Waals surface area contributed by atoms with Crippen LogP contribution in [0.5, 0.6) is 0 Å². The van der Waals surface area contributed by atoms with E-state index in [0.29, 0.717) is 5.84 Å². The number of rotatable bonds is 0. The van der Waals surface area contributed by atoms with Gasteiger partial charge in [-0.15, -0.1) is 5.06 Å². The van der Waals surface area contributed by atoms with Crippen LogP contribution in [0.4, 0.5) is 0 Å². The van der Waals surface area contributed by atoms with Gasteiger partial charge in [0.1, 0.15) is 5.76 Å². The molecule has 0 spiro atoms. The summed E-state index contributed by atoms with van der Waals surface area (Å²) < 4.78 is 0. The number of amides is 1. The van der Waals surface area contributed by atoms with Crippen molar-refractivity contribution in [2.75, 3.05) is 0 Å². The van der Waals surface area contributed by atoms with Crippen molar-refractivity contribution in [1.29, 1.82) is 0 Å². The lowest BCUT2D eigenvalue weighted by Crippen LogP contribution is -2.29. The molecule has 0 saturated heterocycles. The molecule has 0 aromatic carbocycles. The van der Waals surface area contributed by atoms with Crippen LogP contribution in [-0.4, -0.2) is 22.8 Å². The second-order valence-electron chi connectivity index (χ2n) is 4.45. The monoisotopic (exact) mass is 218 g/mol. The van der Waals surface area contributed by atoms with Crippen molar-refractivity contribution in [2.45, 2.75) is 38.6 Å². The summed E-state index contributed by atoms with van der Waals surface area (Å²) in [5, 5.41) is 1.29. The van der Waals surface area contributed by atoms with E-state index in [4.69, 9.17) is 4.84 Å². The molecule has 0 bridgehead atoms. The Bertz CT molecular complexity index is 434. The van der Waals surface area contributed by atoms with E-state index >= 15 is 0 Å². The molecule has 0 aromatic heterocycles. The Labute approximate surface area is 94.2 Å². The average Bonchev–Trinajstić information content (AvgIpc) is 2.57. The summed E-state index contributed by atoms with van der Waals surface area (Å²) >= 11 is 0. The molecule has 1 saturated carbocycles. The number of carbonyl (C=O) groups is 1. The lowest BCUT2D eigenvalue weighted by atomic mass is 9.90. The van der Waals surface area contributed by atoms with Crippen molar-refractivity contribution in [3.63, 3.8) is 0 Å². The lowest BCUT2D eigenvalue weighted by Gasteiger charge is -2.20. The molecule has 0 N–H and O–H groups in total. The number of hydrogen-bond acceptors (Lipinski definition) is 3. The molecule has 2 aliphatic heterocycles. The van der Waals surface area contributed by atoms with Gasteiger partial charge in [0, 0.05) is 12.2 Å². The first kappa shape index (κ1) is 9.63. The van der Waals surface area contributed by atoms with Crippen LogP contribution < -0.4 is 0 Å². The maximum Gasteiger partial charge on any atom is 0.285 e. The summed E-state index contributed by atoms with van der Waals surface area (Å²) in [5.74, 6) is 1.27. The van der Waals surface area contributed by atoms with Crippen molar-refractivity contribution >= 4 is 11.7 Å². The van der Waals surface area contributed by atoms with Crippen molar-refractivity contribution in [1.82, 2.24) is 5.06 Å². The normalized spacial score (nSPS) is 28.3. The third-order valence-corrected chi connectivity index (χ3v) is 3.19. The fourth-order valence-corrected chi connectivity index (χ4v) is 2.42. The fraction of sp³-hybridized carbons (Fsp3) is 0.500. The van der Waals surface area contributed by atoms with Crippen LogP contribution in [0.1, 0.15) is 32.6 Å². The zero-order valence-corrected chi connectivity index (χ0v) is 9.27. The molecule has 16 heavy (non-hydrogen) atoms. The van der Waals surface area contributed by atoms with Crippen molar-refractivity contribution in [3.05, 3.63) is 23.5 Å². The van der Waals surface area contributed by atoms with Gasteiger partial charge in [-0.05, 0) is 31.8 Å². The number of aliphatic imine (C=N–C) groups is 1. The van der Waals surface area contributed by atoms with Gasteiger partial charge in [-0.3, -0.25) is 9.79 Å². The maximum atomic E-state index is 11.9. The summed E-state index contributed by atoms with van der Waals surface area (Å²) in [6.07, 6.45) is 7.91. The van der Waals surface area contributed by atoms with E-state index in [9.17, 15) is 4.79 Å². The predicted octanol–water partition coefficient (Wildman–Crippen LogP) is 1.95. The number of hydroxylamine groups is 2. The number of nitrogens with zero attached hydrogens (tertiary/aromatic N) is 2. The van der Waals surface area contributed by atoms with Gasteiger partial charge in [0.25, 0.3) is 5.91 Å². The second-order valence-corrected chi connectivity index (χ2v) is 4.45. The molecule has 4 nitrogen and oxygen atoms in total. The minimum Gasteiger partial charge on any atom is -0.375 e. The second kappa shape index (κ2) is 3.47. The lowest BCUT2D eigenvalue weighted by molar-refractivity contribution is -0.145. The molecule has 1 fully saturated rings. The summed E-state index contributed by atoms with van der Waals surface area (Å²) in [4.78, 5) is 21.9. The average molecular weight is 218 g/mol. The van der Waals surface area contributed by atoms with Gasteiger partial charge < -0.3 is 4.84 Å². The smallest absolute Gasteiger partial charge is 0.285 e. The van der Waals surface area contributed by atoms with Crippen LogP contribution in [0, 0.1) is 0 Å². The van der Waals surface area contributed by atoms with Gasteiger partial charge in [-0.25, -0.2) is 0 Å². The summed E-state index contributed by atoms with van der Waals surface area (Å²) in [6, 6.07) is 0.184. The van der Waals surface area contributed by atoms with E-state index < -0.39 is 0 Å². The van der Waals surface area contributed by atoms with Gasteiger partial charge >= 0.3 is 0 Å². The molecule has 1 unspecified atom stereocenters. The largest absolute Gasteiger partial charge is 0.375 e. The molecule has 1 amide bonds. The van der Waals surface area contributed by atoms with Gasteiger partial charge in [0.2, 0.25) is 0 Å². The third kappa shape index (κ3) is 1.45. The molecule has 0 aromatic rings. The zero-order chi connectivity index (χ0) is 11.1. The van der Waals surface area contributed by atoms with E-state index in [0.717, 1.165) is 30.6 Å². The molecule has 3 aliphatic rings. The topological polar surface area (TPSA) is 41.9 Å². The van der Waals surface area contributed by atoms with Crippen LogP contribution in [0.15, 0.2) is 28.5 Å². The zero-order valence-electron chi connectivity index (χ0n) is 9.27. The van der Waals surface area contributed by atoms with E-state index in [2.05, 4.69) is 4.99 Å². The molecule has 4 heteroatoms. The van der Waals surface area contributed by atoms with Gasteiger partial charge in [0.15, 0.2) is 5.84 Å². The van der Waals surface area contributed by atoms with Gasteiger partial charge in [-0.1, -0.05) is 6.42 Å². The summed E-state index contributed by atoms with van der Waals surface area (Å²) in [5.41, 5.74) is 1.16. The van der Waals surface area contributed by atoms with Crippen molar-refractivity contribution in [3.8, 4) is 0 Å². The highest BCUT2D eigenvalue weighted by molar-refractivity contribution is 6.09. The van der Waals surface area contributed by atoms with E-state index in [1.165, 1.54) is 11.5 Å². The van der Waals surface area contributed by atoms with Gasteiger partial charge in [-0.2, -0.15) is 0 Å². The van der Waals surface area contributed by atoms with E-state index in [1.807, 2.05) is 13.0 Å². The molecular formula is C12H14N2O2. The van der Waals surface area contributed by atoms with Crippen molar-refractivity contribution < 1.29 is 9.63 Å². The molecule has 84 valence electrons. The Balaban J connectivity index is 2.01. The van der Waals surface area contributed by atoms with E-state index in [-0.39, 0.29) is 11.9 Å². The first-order valence-corrected chi connectivity index (χ1v) is 5.73. The van der Waals surface area contributed by atoms with Crippen molar-refractivity contribution in [2.24, 2.45) is 4.99 Å². The molecule has 1 atom stereocenters. The molecule has 0 radical (unpaired) electrons. The molecule has 3 rings (SSSR count). The molecule has 1 aliphatic carbocycles. The highest BCUT2D eigenvalue weighted by Gasteiger charge is 2.31. The predicted molar refractivity (Wildman–Crippen MR) is 59.5 cm³/mol. The SMILES string of the molecule is CC1=CC2=NC3CCCCC3=CC(=O)N2O1. The van der Waals surface area contributed by atoms with Crippen LogP contribution in [-0.2, 0) is 9.63 Å². The Morgan fingerprint density at radius 1 is 1.44 bits per heavy atom. The number of fused-ring (bicyclic) bond motifs is 2. The Hall–Kier alpha value is -1.58. The fourth-order valence-electron chi connectivity index (χ4n) is 2.42. The van der Waals surface area contributed by atoms with Crippen LogP contribution in [0.3, 0.4) is 0 Å². The number of hydrogen-bond donors (Lipinski definition) is 0. The minimum absolute atomic E-state index is 0.105. The minimum atomic E-state index is -0.105. The Morgan fingerprint density at radius 2 is 2.31 bits per heavy atom. The summed E-state index contributed by atoms with van der Waals surface area (Å²) in [7, 11) is 0. The van der Waals surface area contributed by atoms with Crippen LogP contribution >= 0.6 is 0 Å². The Kier molecular flexibility index (Phi) is 2.09.